The topological polar surface area (TPSA) is 91.4 Å². The minimum atomic E-state index is -1.20. The summed E-state index contributed by atoms with van der Waals surface area (Å²) in [6, 6.07) is 3.47. The molecule has 2 amide bonds. The number of nitrogens with zero attached hydrogens (tertiary/aromatic N) is 2. The second kappa shape index (κ2) is 9.33. The Morgan fingerprint density at radius 2 is 1.97 bits per heavy atom. The molecule has 0 saturated carbocycles. The molecule has 3 aromatic rings. The largest absolute Gasteiger partial charge is 0.450 e. The molecule has 0 aliphatic carbocycles. The van der Waals surface area contributed by atoms with Crippen molar-refractivity contribution in [3.63, 3.8) is 0 Å². The van der Waals surface area contributed by atoms with Crippen LogP contribution in [-0.2, 0) is 11.5 Å². The lowest BCUT2D eigenvalue weighted by molar-refractivity contribution is 0.0898. The summed E-state index contributed by atoms with van der Waals surface area (Å²) < 4.78 is 42.7. The van der Waals surface area contributed by atoms with E-state index in [4.69, 9.17) is 15.2 Å². The van der Waals surface area contributed by atoms with Crippen LogP contribution in [0, 0.1) is 11.6 Å². The lowest BCUT2D eigenvalue weighted by atomic mass is 10.2. The highest BCUT2D eigenvalue weighted by molar-refractivity contribution is 9.10. The van der Waals surface area contributed by atoms with Crippen LogP contribution in [0.25, 0.3) is 11.0 Å². The molecule has 166 valence electrons. The molecule has 7 nitrogen and oxygen atoms in total. The van der Waals surface area contributed by atoms with Gasteiger partial charge in [0, 0.05) is 49.4 Å². The van der Waals surface area contributed by atoms with Crippen LogP contribution >= 0.6 is 15.9 Å². The normalized spacial score (nSPS) is 11.7. The van der Waals surface area contributed by atoms with Crippen LogP contribution in [0.4, 0.5) is 19.3 Å². The summed E-state index contributed by atoms with van der Waals surface area (Å²) in [6.45, 7) is 7.76. The molecule has 0 unspecified atom stereocenters. The number of pyridine rings is 1. The van der Waals surface area contributed by atoms with Crippen LogP contribution in [0.1, 0.15) is 0 Å². The van der Waals surface area contributed by atoms with Gasteiger partial charge in [-0.25, -0.2) is 18.6 Å². The Labute approximate surface area is 187 Å². The highest BCUT2D eigenvalue weighted by Gasteiger charge is 2.19. The number of anilines is 1. The van der Waals surface area contributed by atoms with Crippen molar-refractivity contribution in [3.8, 4) is 11.5 Å². The molecule has 0 aliphatic heterocycles. The fraction of sp³-hybridized carbons (Fsp3) is 0.300. The van der Waals surface area contributed by atoms with E-state index in [0.29, 0.717) is 28.8 Å². The molecule has 0 aliphatic rings. The molecule has 0 bridgehead atoms. The highest BCUT2D eigenvalue weighted by Crippen LogP contribution is 2.37. The molecule has 11 heteroatoms. The number of rotatable bonds is 8. The van der Waals surface area contributed by atoms with Gasteiger partial charge < -0.3 is 25.1 Å². The van der Waals surface area contributed by atoms with Crippen molar-refractivity contribution in [2.75, 3.05) is 11.9 Å². The third-order valence-electron chi connectivity index (χ3n) is 4.38. The first-order chi connectivity index (χ1) is 14.5. The Bertz CT molecular complexity index is 1090. The second-order valence-corrected chi connectivity index (χ2v) is 14.6. The quantitative estimate of drug-likeness (QED) is 0.300. The number of hydrogen-bond acceptors (Lipinski definition) is 4. The molecule has 2 heterocycles. The first kappa shape index (κ1) is 23.2. The first-order valence-corrected chi connectivity index (χ1v) is 14.0. The van der Waals surface area contributed by atoms with E-state index in [1.165, 1.54) is 12.3 Å². The van der Waals surface area contributed by atoms with E-state index in [1.807, 2.05) is 0 Å². The molecule has 0 spiro atoms. The molecule has 0 saturated heterocycles. The summed E-state index contributed by atoms with van der Waals surface area (Å²) in [5.41, 5.74) is 5.42. The molecule has 31 heavy (non-hydrogen) atoms. The van der Waals surface area contributed by atoms with Crippen molar-refractivity contribution in [1.82, 2.24) is 9.55 Å². The van der Waals surface area contributed by atoms with Crippen LogP contribution in [-0.4, -0.2) is 30.3 Å². The summed E-state index contributed by atoms with van der Waals surface area (Å²) in [5, 5.41) is 2.67. The third-order valence-corrected chi connectivity index (χ3v) is 6.68. The highest BCUT2D eigenvalue weighted by atomic mass is 79.9. The van der Waals surface area contributed by atoms with E-state index in [9.17, 15) is 13.6 Å². The molecule has 0 radical (unpaired) electrons. The Kier molecular flexibility index (Phi) is 6.97. The number of halogens is 3. The average molecular weight is 513 g/mol. The van der Waals surface area contributed by atoms with Crippen molar-refractivity contribution in [2.45, 2.75) is 32.4 Å². The number of nitrogens with one attached hydrogen (secondary N) is 1. The van der Waals surface area contributed by atoms with Gasteiger partial charge in [-0.3, -0.25) is 0 Å². The van der Waals surface area contributed by atoms with Gasteiger partial charge in [0.2, 0.25) is 0 Å². The summed E-state index contributed by atoms with van der Waals surface area (Å²) in [5.74, 6) is -2.36. The number of fused-ring (bicyclic) bond motifs is 1. The minimum absolute atomic E-state index is 0.113. The number of carbonyl (C=O) groups excluding carboxylic acids is 1. The summed E-state index contributed by atoms with van der Waals surface area (Å²) in [4.78, 5) is 15.3. The Hall–Kier alpha value is -2.50. The fourth-order valence-corrected chi connectivity index (χ4v) is 4.22. The molecule has 2 aromatic heterocycles. The maximum atomic E-state index is 14.4. The zero-order chi connectivity index (χ0) is 22.8. The molecule has 0 fully saturated rings. The van der Waals surface area contributed by atoms with Crippen LogP contribution in [0.15, 0.2) is 35.1 Å². The molecule has 1 aromatic carbocycles. The van der Waals surface area contributed by atoms with Crippen LogP contribution < -0.4 is 15.8 Å². The molecule has 0 atom stereocenters. The van der Waals surface area contributed by atoms with E-state index in [-0.39, 0.29) is 11.4 Å². The standard InChI is InChI=1S/C20H23BrF2N4O3Si/c1-31(2,3)7-6-29-11-27-10-13(21)17-16(4-5-25-19(17)27)30-18-14(22)8-12(9-15(18)23)26-20(24)28/h4-5,8-10H,6-7,11H2,1-3H3,(H3,24,26,28). The number of carbonyl (C=O) groups is 1. The monoisotopic (exact) mass is 512 g/mol. The molecular formula is C20H23BrF2N4O3Si. The number of nitrogens with two attached hydrogens (primary N) is 1. The van der Waals surface area contributed by atoms with Gasteiger partial charge in [0.25, 0.3) is 0 Å². The smallest absolute Gasteiger partial charge is 0.316 e. The minimum Gasteiger partial charge on any atom is -0.450 e. The zero-order valence-corrected chi connectivity index (χ0v) is 19.9. The molecular weight excluding hydrogens is 490 g/mol. The maximum absolute atomic E-state index is 14.4. The van der Waals surface area contributed by atoms with Crippen molar-refractivity contribution >= 4 is 46.8 Å². The summed E-state index contributed by atoms with van der Waals surface area (Å²) in [7, 11) is -1.20. The van der Waals surface area contributed by atoms with Crippen LogP contribution in [0.5, 0.6) is 11.5 Å². The number of amides is 2. The van der Waals surface area contributed by atoms with Gasteiger partial charge in [-0.15, -0.1) is 0 Å². The van der Waals surface area contributed by atoms with Crippen molar-refractivity contribution in [1.29, 1.82) is 0 Å². The van der Waals surface area contributed by atoms with Gasteiger partial charge in [-0.2, -0.15) is 0 Å². The Morgan fingerprint density at radius 3 is 2.58 bits per heavy atom. The number of urea groups is 1. The number of ether oxygens (including phenoxy) is 2. The summed E-state index contributed by atoms with van der Waals surface area (Å²) in [6.07, 6.45) is 3.27. The van der Waals surface area contributed by atoms with E-state index in [0.717, 1.165) is 18.2 Å². The predicted octanol–water partition coefficient (Wildman–Crippen LogP) is 5.67. The lowest BCUT2D eigenvalue weighted by Gasteiger charge is -2.15. The van der Waals surface area contributed by atoms with Gasteiger partial charge in [0.15, 0.2) is 17.4 Å². The third kappa shape index (κ3) is 5.80. The van der Waals surface area contributed by atoms with E-state index in [2.05, 4.69) is 45.9 Å². The first-order valence-electron chi connectivity index (χ1n) is 9.49. The number of aromatic nitrogens is 2. The Balaban J connectivity index is 1.86. The SMILES string of the molecule is C[Si](C)(C)CCOCn1cc(Br)c2c(Oc3c(F)cc(NC(N)=O)cc3F)ccnc21. The van der Waals surface area contributed by atoms with Gasteiger partial charge in [-0.1, -0.05) is 19.6 Å². The van der Waals surface area contributed by atoms with Gasteiger partial charge >= 0.3 is 6.03 Å². The van der Waals surface area contributed by atoms with E-state index < -0.39 is 31.5 Å². The lowest BCUT2D eigenvalue weighted by Crippen LogP contribution is -2.22. The zero-order valence-electron chi connectivity index (χ0n) is 17.3. The molecule has 3 rings (SSSR count). The van der Waals surface area contributed by atoms with Crippen molar-refractivity contribution in [2.24, 2.45) is 5.73 Å². The van der Waals surface area contributed by atoms with Gasteiger partial charge in [0.1, 0.15) is 18.1 Å². The average Bonchev–Trinajstić information content (AvgIpc) is 2.97. The van der Waals surface area contributed by atoms with Gasteiger partial charge in [0.05, 0.1) is 5.39 Å². The van der Waals surface area contributed by atoms with Crippen molar-refractivity contribution in [3.05, 3.63) is 46.7 Å². The van der Waals surface area contributed by atoms with Crippen molar-refractivity contribution < 1.29 is 23.0 Å². The van der Waals surface area contributed by atoms with Crippen LogP contribution in [0.2, 0.25) is 25.7 Å². The number of hydrogen-bond donors (Lipinski definition) is 2. The predicted molar refractivity (Wildman–Crippen MR) is 121 cm³/mol. The van der Waals surface area contributed by atoms with E-state index in [1.54, 1.807) is 10.8 Å². The maximum Gasteiger partial charge on any atom is 0.316 e. The van der Waals surface area contributed by atoms with E-state index >= 15 is 0 Å². The van der Waals surface area contributed by atoms with Crippen LogP contribution in [0.3, 0.4) is 0 Å². The fourth-order valence-electron chi connectivity index (χ4n) is 2.84. The number of benzene rings is 1. The number of primary amides is 1. The Morgan fingerprint density at radius 1 is 1.29 bits per heavy atom. The van der Waals surface area contributed by atoms with Gasteiger partial charge in [-0.05, 0) is 28.0 Å². The summed E-state index contributed by atoms with van der Waals surface area (Å²) >= 11 is 3.46. The molecule has 3 N–H and O–H groups in total. The second-order valence-electron chi connectivity index (χ2n) is 8.16.